The summed E-state index contributed by atoms with van der Waals surface area (Å²) in [7, 11) is 0. The number of hydrogen-bond donors (Lipinski definition) is 0. The molecular formula is C7H11NO. The zero-order valence-electron chi connectivity index (χ0n) is 5.79. The maximum Gasteiger partial charge on any atom is 0.231 e. The van der Waals surface area contributed by atoms with Gasteiger partial charge in [-0.15, -0.1) is 0 Å². The number of amides is 1. The van der Waals surface area contributed by atoms with Crippen LogP contribution in [0.15, 0.2) is 12.8 Å². The Morgan fingerprint density at radius 3 is 2.44 bits per heavy atom. The van der Waals surface area contributed by atoms with E-state index in [-0.39, 0.29) is 11.8 Å². The van der Waals surface area contributed by atoms with E-state index >= 15 is 0 Å². The Balaban J connectivity index is 2.61. The second kappa shape index (κ2) is 1.87. The molecule has 1 rings (SSSR count). The minimum Gasteiger partial charge on any atom is -0.316 e. The Bertz CT molecular complexity index is 153. The topological polar surface area (TPSA) is 20.3 Å². The molecule has 1 aliphatic heterocycles. The van der Waals surface area contributed by atoms with Crippen molar-refractivity contribution in [2.24, 2.45) is 5.92 Å². The van der Waals surface area contributed by atoms with Crippen molar-refractivity contribution < 1.29 is 4.79 Å². The standard InChI is InChI=1S/C7H11NO/c1-4-8-6(3)5(2)7(8)9/h4-6H,1H2,2-3H3. The number of nitrogens with zero attached hydrogens (tertiary/aromatic N) is 1. The molecule has 1 amide bonds. The van der Waals surface area contributed by atoms with Crippen LogP contribution in [0.1, 0.15) is 13.8 Å². The van der Waals surface area contributed by atoms with E-state index in [2.05, 4.69) is 6.58 Å². The Labute approximate surface area is 55.2 Å². The molecule has 2 atom stereocenters. The van der Waals surface area contributed by atoms with Gasteiger partial charge in [-0.2, -0.15) is 0 Å². The lowest BCUT2D eigenvalue weighted by atomic mass is 9.91. The van der Waals surface area contributed by atoms with Gasteiger partial charge in [-0.1, -0.05) is 13.5 Å². The summed E-state index contributed by atoms with van der Waals surface area (Å²) in [5.41, 5.74) is 0. The molecule has 1 fully saturated rings. The monoisotopic (exact) mass is 125 g/mol. The Kier molecular flexibility index (Phi) is 1.31. The minimum atomic E-state index is 0.192. The van der Waals surface area contributed by atoms with E-state index in [9.17, 15) is 4.79 Å². The van der Waals surface area contributed by atoms with Crippen molar-refractivity contribution in [3.8, 4) is 0 Å². The number of carbonyl (C=O) groups is 1. The molecule has 0 aromatic heterocycles. The lowest BCUT2D eigenvalue weighted by molar-refractivity contribution is -0.148. The van der Waals surface area contributed by atoms with Gasteiger partial charge in [-0.25, -0.2) is 0 Å². The Hall–Kier alpha value is -0.790. The van der Waals surface area contributed by atoms with Crippen molar-refractivity contribution in [1.82, 2.24) is 4.90 Å². The van der Waals surface area contributed by atoms with Crippen LogP contribution in [-0.2, 0) is 4.79 Å². The van der Waals surface area contributed by atoms with E-state index < -0.39 is 0 Å². The van der Waals surface area contributed by atoms with Crippen LogP contribution in [0.2, 0.25) is 0 Å². The largest absolute Gasteiger partial charge is 0.316 e. The maximum absolute atomic E-state index is 10.9. The molecule has 0 bridgehead atoms. The average molecular weight is 125 g/mol. The summed E-state index contributed by atoms with van der Waals surface area (Å²) in [5.74, 6) is 0.389. The third-order valence-electron chi connectivity index (χ3n) is 2.00. The molecule has 0 radical (unpaired) electrons. The lowest BCUT2D eigenvalue weighted by Crippen LogP contribution is -2.54. The van der Waals surface area contributed by atoms with Gasteiger partial charge in [0.1, 0.15) is 0 Å². The summed E-state index contributed by atoms with van der Waals surface area (Å²) < 4.78 is 0. The molecule has 2 unspecified atom stereocenters. The molecule has 2 heteroatoms. The van der Waals surface area contributed by atoms with Crippen LogP contribution < -0.4 is 0 Å². The van der Waals surface area contributed by atoms with Gasteiger partial charge in [0.05, 0.1) is 5.92 Å². The predicted octanol–water partition coefficient (Wildman–Crippen LogP) is 0.997. The molecule has 0 aromatic carbocycles. The molecule has 0 saturated carbocycles. The maximum atomic E-state index is 10.9. The van der Waals surface area contributed by atoms with Crippen molar-refractivity contribution in [3.63, 3.8) is 0 Å². The number of likely N-dealkylation sites (tertiary alicyclic amines) is 1. The van der Waals surface area contributed by atoms with Gasteiger partial charge in [-0.05, 0) is 13.1 Å². The van der Waals surface area contributed by atoms with E-state index in [1.165, 1.54) is 0 Å². The summed E-state index contributed by atoms with van der Waals surface area (Å²) in [4.78, 5) is 12.5. The van der Waals surface area contributed by atoms with Crippen LogP contribution >= 0.6 is 0 Å². The van der Waals surface area contributed by atoms with Gasteiger partial charge in [0.2, 0.25) is 5.91 Å². The van der Waals surface area contributed by atoms with Crippen LogP contribution in [-0.4, -0.2) is 16.8 Å². The predicted molar refractivity (Wildman–Crippen MR) is 35.7 cm³/mol. The van der Waals surface area contributed by atoms with Crippen LogP contribution in [0, 0.1) is 5.92 Å². The molecule has 0 N–H and O–H groups in total. The number of hydrogen-bond acceptors (Lipinski definition) is 1. The highest BCUT2D eigenvalue weighted by molar-refractivity contribution is 5.86. The first kappa shape index (κ1) is 6.33. The van der Waals surface area contributed by atoms with E-state index in [0.717, 1.165) is 0 Å². The fourth-order valence-electron chi connectivity index (χ4n) is 1.06. The SMILES string of the molecule is C=CN1C(=O)C(C)C1C. The Morgan fingerprint density at radius 1 is 1.67 bits per heavy atom. The summed E-state index contributed by atoms with van der Waals surface area (Å²) in [6, 6.07) is 0.356. The third kappa shape index (κ3) is 0.661. The highest BCUT2D eigenvalue weighted by atomic mass is 16.2. The zero-order chi connectivity index (χ0) is 7.02. The molecule has 9 heavy (non-hydrogen) atoms. The zero-order valence-corrected chi connectivity index (χ0v) is 5.79. The van der Waals surface area contributed by atoms with Crippen LogP contribution in [0.4, 0.5) is 0 Å². The van der Waals surface area contributed by atoms with Crippen LogP contribution in [0.5, 0.6) is 0 Å². The number of carbonyl (C=O) groups excluding carboxylic acids is 1. The van der Waals surface area contributed by atoms with E-state index in [4.69, 9.17) is 0 Å². The molecule has 1 aliphatic rings. The van der Waals surface area contributed by atoms with Crippen LogP contribution in [0.3, 0.4) is 0 Å². The number of rotatable bonds is 1. The van der Waals surface area contributed by atoms with Crippen molar-refractivity contribution in [2.75, 3.05) is 0 Å². The fraction of sp³-hybridized carbons (Fsp3) is 0.571. The van der Waals surface area contributed by atoms with Gasteiger partial charge >= 0.3 is 0 Å². The normalized spacial score (nSPS) is 34.0. The minimum absolute atomic E-state index is 0.192. The highest BCUT2D eigenvalue weighted by Gasteiger charge is 2.38. The molecule has 50 valence electrons. The smallest absolute Gasteiger partial charge is 0.231 e. The highest BCUT2D eigenvalue weighted by Crippen LogP contribution is 2.24. The van der Waals surface area contributed by atoms with Gasteiger partial charge < -0.3 is 4.90 Å². The molecule has 1 saturated heterocycles. The van der Waals surface area contributed by atoms with Gasteiger partial charge in [0.15, 0.2) is 0 Å². The third-order valence-corrected chi connectivity index (χ3v) is 2.00. The van der Waals surface area contributed by atoms with Gasteiger partial charge in [0, 0.05) is 6.04 Å². The first-order chi connectivity index (χ1) is 4.18. The van der Waals surface area contributed by atoms with Crippen molar-refractivity contribution in [2.45, 2.75) is 19.9 Å². The summed E-state index contributed by atoms with van der Waals surface area (Å²) in [5, 5.41) is 0. The first-order valence-corrected chi connectivity index (χ1v) is 3.13. The van der Waals surface area contributed by atoms with E-state index in [1.807, 2.05) is 13.8 Å². The van der Waals surface area contributed by atoms with Gasteiger partial charge in [0.25, 0.3) is 0 Å². The second-order valence-corrected chi connectivity index (χ2v) is 2.46. The molecule has 0 aromatic rings. The molecule has 2 nitrogen and oxygen atoms in total. The Morgan fingerprint density at radius 2 is 2.22 bits per heavy atom. The van der Waals surface area contributed by atoms with Crippen molar-refractivity contribution >= 4 is 5.91 Å². The summed E-state index contributed by atoms with van der Waals surface area (Å²) >= 11 is 0. The van der Waals surface area contributed by atoms with Crippen LogP contribution in [0.25, 0.3) is 0 Å². The quantitative estimate of drug-likeness (QED) is 0.479. The fourth-order valence-corrected chi connectivity index (χ4v) is 1.06. The first-order valence-electron chi connectivity index (χ1n) is 3.13. The molecular weight excluding hydrogens is 114 g/mol. The van der Waals surface area contributed by atoms with Crippen molar-refractivity contribution in [3.05, 3.63) is 12.8 Å². The van der Waals surface area contributed by atoms with Gasteiger partial charge in [-0.3, -0.25) is 4.79 Å². The number of β-lactam (4-membered cyclic amide) rings is 1. The molecule has 0 spiro atoms. The molecule has 0 aliphatic carbocycles. The summed E-state index contributed by atoms with van der Waals surface area (Å²) in [6.45, 7) is 7.48. The summed E-state index contributed by atoms with van der Waals surface area (Å²) in [6.07, 6.45) is 1.59. The second-order valence-electron chi connectivity index (χ2n) is 2.46. The van der Waals surface area contributed by atoms with E-state index in [1.54, 1.807) is 11.1 Å². The lowest BCUT2D eigenvalue weighted by Gasteiger charge is -2.41. The van der Waals surface area contributed by atoms with Crippen molar-refractivity contribution in [1.29, 1.82) is 0 Å². The molecule has 1 heterocycles. The van der Waals surface area contributed by atoms with E-state index in [0.29, 0.717) is 6.04 Å². The average Bonchev–Trinajstić information content (AvgIpc) is 1.89.